The Morgan fingerprint density at radius 2 is 1.70 bits per heavy atom. The van der Waals surface area contributed by atoms with Gasteiger partial charge in [-0.05, 0) is 98.3 Å². The lowest BCUT2D eigenvalue weighted by molar-refractivity contribution is -0.122. The maximum Gasteiger partial charge on any atom is 0.335 e. The number of carbonyl (C=O) groups excluding carboxylic acids is 3. The number of amides is 4. The lowest BCUT2D eigenvalue weighted by atomic mass is 10.1. The zero-order valence-electron chi connectivity index (χ0n) is 18.8. The quantitative estimate of drug-likeness (QED) is 0.288. The number of nitrogens with zero attached hydrogens (tertiary/aromatic N) is 1. The molecule has 2 aromatic rings. The summed E-state index contributed by atoms with van der Waals surface area (Å²) in [6.45, 7) is 8.46. The number of hydrogen-bond acceptors (Lipinski definition) is 6. The highest BCUT2D eigenvalue weighted by atomic mass is 127. The second kappa shape index (κ2) is 10.7. The van der Waals surface area contributed by atoms with E-state index in [1.807, 2.05) is 27.7 Å². The second-order valence-corrected chi connectivity index (χ2v) is 8.48. The SMILES string of the molecule is CCOc1ccc(N2C(=O)NC(=O)/C(=C\c3cc(I)c(OC(C)C)c(OCC)c3)C2=O)cc1. The summed E-state index contributed by atoms with van der Waals surface area (Å²) in [5.74, 6) is 0.235. The van der Waals surface area contributed by atoms with Crippen LogP contribution in [0.3, 0.4) is 0 Å². The Labute approximate surface area is 206 Å². The first kappa shape index (κ1) is 24.6. The summed E-state index contributed by atoms with van der Waals surface area (Å²) >= 11 is 2.12. The van der Waals surface area contributed by atoms with Gasteiger partial charge in [-0.3, -0.25) is 14.9 Å². The summed E-state index contributed by atoms with van der Waals surface area (Å²) in [6.07, 6.45) is 1.39. The summed E-state index contributed by atoms with van der Waals surface area (Å²) in [7, 11) is 0. The lowest BCUT2D eigenvalue weighted by Gasteiger charge is -2.26. The van der Waals surface area contributed by atoms with Crippen molar-refractivity contribution in [1.29, 1.82) is 0 Å². The average Bonchev–Trinajstić information content (AvgIpc) is 2.75. The topological polar surface area (TPSA) is 94.2 Å². The van der Waals surface area contributed by atoms with Crippen LogP contribution < -0.4 is 24.4 Å². The van der Waals surface area contributed by atoms with Crippen molar-refractivity contribution >= 4 is 52.2 Å². The van der Waals surface area contributed by atoms with Crippen molar-refractivity contribution in [2.24, 2.45) is 0 Å². The zero-order chi connectivity index (χ0) is 24.1. The van der Waals surface area contributed by atoms with E-state index in [4.69, 9.17) is 14.2 Å². The van der Waals surface area contributed by atoms with Crippen molar-refractivity contribution in [3.8, 4) is 17.2 Å². The summed E-state index contributed by atoms with van der Waals surface area (Å²) in [4.78, 5) is 39.0. The molecular weight excluding hydrogens is 539 g/mol. The number of hydrogen-bond donors (Lipinski definition) is 1. The van der Waals surface area contributed by atoms with E-state index >= 15 is 0 Å². The summed E-state index contributed by atoms with van der Waals surface area (Å²) in [5, 5.41) is 2.23. The van der Waals surface area contributed by atoms with E-state index in [2.05, 4.69) is 27.9 Å². The van der Waals surface area contributed by atoms with Crippen molar-refractivity contribution < 1.29 is 28.6 Å². The Hall–Kier alpha value is -3.08. The number of urea groups is 1. The molecule has 1 aliphatic heterocycles. The van der Waals surface area contributed by atoms with E-state index in [0.717, 1.165) is 8.47 Å². The van der Waals surface area contributed by atoms with E-state index in [0.29, 0.717) is 41.7 Å². The fraction of sp³-hybridized carbons (Fsp3) is 0.292. The molecule has 1 saturated heterocycles. The first-order valence-corrected chi connectivity index (χ1v) is 11.6. The van der Waals surface area contributed by atoms with Crippen LogP contribution in [0.25, 0.3) is 6.08 Å². The molecule has 0 atom stereocenters. The van der Waals surface area contributed by atoms with Gasteiger partial charge in [-0.2, -0.15) is 0 Å². The third-order valence-electron chi connectivity index (χ3n) is 4.50. The fourth-order valence-electron chi connectivity index (χ4n) is 3.20. The molecule has 3 rings (SSSR count). The number of nitrogens with one attached hydrogen (secondary N) is 1. The van der Waals surface area contributed by atoms with Crippen LogP contribution in [0.4, 0.5) is 10.5 Å². The molecule has 8 nitrogen and oxygen atoms in total. The van der Waals surface area contributed by atoms with Crippen molar-refractivity contribution in [2.75, 3.05) is 18.1 Å². The molecule has 1 heterocycles. The van der Waals surface area contributed by atoms with E-state index in [-0.39, 0.29) is 11.7 Å². The van der Waals surface area contributed by atoms with Gasteiger partial charge in [-0.1, -0.05) is 0 Å². The van der Waals surface area contributed by atoms with Gasteiger partial charge in [0.1, 0.15) is 11.3 Å². The van der Waals surface area contributed by atoms with Gasteiger partial charge in [0, 0.05) is 0 Å². The first-order valence-electron chi connectivity index (χ1n) is 10.5. The highest BCUT2D eigenvalue weighted by molar-refractivity contribution is 14.1. The number of barbiturate groups is 1. The van der Waals surface area contributed by atoms with Crippen molar-refractivity contribution in [3.05, 3.63) is 51.1 Å². The van der Waals surface area contributed by atoms with Crippen LogP contribution in [0.2, 0.25) is 0 Å². The zero-order valence-corrected chi connectivity index (χ0v) is 21.0. The second-order valence-electron chi connectivity index (χ2n) is 7.31. The lowest BCUT2D eigenvalue weighted by Crippen LogP contribution is -2.54. The third kappa shape index (κ3) is 5.65. The Morgan fingerprint density at radius 1 is 1.03 bits per heavy atom. The van der Waals surface area contributed by atoms with Crippen molar-refractivity contribution in [2.45, 2.75) is 33.8 Å². The summed E-state index contributed by atoms with van der Waals surface area (Å²) in [6, 6.07) is 9.16. The van der Waals surface area contributed by atoms with Gasteiger partial charge >= 0.3 is 6.03 Å². The number of ether oxygens (including phenoxy) is 3. The molecule has 0 saturated carbocycles. The predicted octanol–water partition coefficient (Wildman–Crippen LogP) is 4.54. The van der Waals surface area contributed by atoms with Crippen LogP contribution in [-0.4, -0.2) is 37.2 Å². The molecule has 1 aliphatic rings. The molecule has 0 unspecified atom stereocenters. The molecule has 0 aliphatic carbocycles. The number of rotatable bonds is 8. The molecule has 9 heteroatoms. The number of halogens is 1. The third-order valence-corrected chi connectivity index (χ3v) is 5.31. The predicted molar refractivity (Wildman–Crippen MR) is 133 cm³/mol. The van der Waals surface area contributed by atoms with Gasteiger partial charge in [0.05, 0.1) is 28.6 Å². The van der Waals surface area contributed by atoms with Crippen molar-refractivity contribution in [1.82, 2.24) is 5.32 Å². The highest BCUT2D eigenvalue weighted by Gasteiger charge is 2.37. The van der Waals surface area contributed by atoms with Crippen LogP contribution in [-0.2, 0) is 9.59 Å². The van der Waals surface area contributed by atoms with Gasteiger partial charge in [-0.25, -0.2) is 9.69 Å². The van der Waals surface area contributed by atoms with Crippen molar-refractivity contribution in [3.63, 3.8) is 0 Å². The molecule has 33 heavy (non-hydrogen) atoms. The maximum atomic E-state index is 13.2. The first-order chi connectivity index (χ1) is 15.7. The number of imide groups is 2. The van der Waals surface area contributed by atoms with Crippen LogP contribution in [0.1, 0.15) is 33.3 Å². The minimum atomic E-state index is -0.809. The molecule has 0 aromatic heterocycles. The average molecular weight is 564 g/mol. The standard InChI is InChI=1S/C24H25IN2O6/c1-5-31-17-9-7-16(8-10-17)27-23(29)18(22(28)26-24(27)30)11-15-12-19(25)21(33-14(3)4)20(13-15)32-6-2/h7-14H,5-6H2,1-4H3,(H,26,28,30)/b18-11+. The highest BCUT2D eigenvalue weighted by Crippen LogP contribution is 2.36. The largest absolute Gasteiger partial charge is 0.494 e. The molecule has 0 bridgehead atoms. The van der Waals surface area contributed by atoms with Crippen LogP contribution in [0.5, 0.6) is 17.2 Å². The van der Waals surface area contributed by atoms with E-state index < -0.39 is 17.8 Å². The minimum Gasteiger partial charge on any atom is -0.494 e. The van der Waals surface area contributed by atoms with E-state index in [9.17, 15) is 14.4 Å². The fourth-order valence-corrected chi connectivity index (χ4v) is 3.95. The van der Waals surface area contributed by atoms with Gasteiger partial charge in [0.15, 0.2) is 11.5 Å². The molecule has 0 spiro atoms. The summed E-state index contributed by atoms with van der Waals surface area (Å²) in [5.41, 5.74) is 0.724. The smallest absolute Gasteiger partial charge is 0.335 e. The monoisotopic (exact) mass is 564 g/mol. The molecule has 174 valence electrons. The normalized spacial score (nSPS) is 15.2. The Kier molecular flexibility index (Phi) is 7.96. The Balaban J connectivity index is 1.99. The van der Waals surface area contributed by atoms with Gasteiger partial charge in [0.25, 0.3) is 11.8 Å². The van der Waals surface area contributed by atoms with E-state index in [1.54, 1.807) is 36.4 Å². The molecule has 1 N–H and O–H groups in total. The number of benzene rings is 2. The van der Waals surface area contributed by atoms with Gasteiger partial charge in [0.2, 0.25) is 0 Å². The molecular formula is C24H25IN2O6. The molecule has 4 amide bonds. The maximum absolute atomic E-state index is 13.2. The number of anilines is 1. The van der Waals surface area contributed by atoms with E-state index in [1.165, 1.54) is 6.08 Å². The minimum absolute atomic E-state index is 0.0543. The van der Waals surface area contributed by atoms with Gasteiger partial charge in [-0.15, -0.1) is 0 Å². The molecule has 2 aromatic carbocycles. The molecule has 0 radical (unpaired) electrons. The Bertz CT molecular complexity index is 1090. The van der Waals surface area contributed by atoms with Crippen LogP contribution >= 0.6 is 22.6 Å². The van der Waals surface area contributed by atoms with Crippen LogP contribution in [0, 0.1) is 3.57 Å². The summed E-state index contributed by atoms with van der Waals surface area (Å²) < 4.78 is 17.8. The van der Waals surface area contributed by atoms with Gasteiger partial charge < -0.3 is 14.2 Å². The number of carbonyl (C=O) groups is 3. The molecule has 1 fully saturated rings. The van der Waals surface area contributed by atoms with Crippen LogP contribution in [0.15, 0.2) is 42.0 Å². The Morgan fingerprint density at radius 3 is 2.30 bits per heavy atom.